The Bertz CT molecular complexity index is 326. The molecule has 0 aliphatic heterocycles. The van der Waals surface area contributed by atoms with Crippen LogP contribution in [0.25, 0.3) is 0 Å². The molecule has 0 aliphatic carbocycles. The number of thioether (sulfide) groups is 1. The lowest BCUT2D eigenvalue weighted by Gasteiger charge is -2.07. The highest BCUT2D eigenvalue weighted by molar-refractivity contribution is 9.10. The van der Waals surface area contributed by atoms with E-state index in [1.165, 1.54) is 0 Å². The van der Waals surface area contributed by atoms with Crippen LogP contribution < -0.4 is 4.74 Å². The molecule has 1 aromatic rings. The van der Waals surface area contributed by atoms with Gasteiger partial charge in [-0.25, -0.2) is 0 Å². The van der Waals surface area contributed by atoms with Gasteiger partial charge in [0.25, 0.3) is 0 Å². The number of carbonyl (C=O) groups excluding carboxylic acids is 1. The molecule has 1 aromatic carbocycles. The van der Waals surface area contributed by atoms with Crippen LogP contribution in [0, 0.1) is 0 Å². The molecule has 4 heteroatoms. The Morgan fingerprint density at radius 3 is 2.69 bits per heavy atom. The molecule has 70 valence electrons. The van der Waals surface area contributed by atoms with Gasteiger partial charge < -0.3 is 4.74 Å². The fraction of sp³-hybridized carbons (Fsp3) is 0.222. The lowest BCUT2D eigenvalue weighted by atomic mass is 10.2. The molecule has 0 N–H and O–H groups in total. The lowest BCUT2D eigenvalue weighted by molar-refractivity contribution is 0.112. The van der Waals surface area contributed by atoms with Gasteiger partial charge in [-0.15, -0.1) is 11.8 Å². The number of benzene rings is 1. The van der Waals surface area contributed by atoms with Crippen LogP contribution in [0.5, 0.6) is 5.75 Å². The normalized spacial score (nSPS) is 9.77. The summed E-state index contributed by atoms with van der Waals surface area (Å²) in [5.74, 6) is 0.782. The number of aldehydes is 1. The molecule has 0 atom stereocenters. The van der Waals surface area contributed by atoms with Gasteiger partial charge in [0, 0.05) is 14.9 Å². The Morgan fingerprint density at radius 2 is 2.23 bits per heavy atom. The lowest BCUT2D eigenvalue weighted by Crippen LogP contribution is -1.90. The van der Waals surface area contributed by atoms with Crippen LogP contribution >= 0.6 is 27.7 Å². The molecule has 0 spiro atoms. The third-order valence-electron chi connectivity index (χ3n) is 1.63. The van der Waals surface area contributed by atoms with Crippen molar-refractivity contribution >= 4 is 34.0 Å². The molecule has 0 radical (unpaired) electrons. The van der Waals surface area contributed by atoms with E-state index in [9.17, 15) is 4.79 Å². The first-order chi connectivity index (χ1) is 6.22. The molecule has 0 amide bonds. The minimum atomic E-state index is 0.644. The average molecular weight is 261 g/mol. The summed E-state index contributed by atoms with van der Waals surface area (Å²) < 4.78 is 5.91. The molecule has 0 unspecified atom stereocenters. The fourth-order valence-electron chi connectivity index (χ4n) is 0.960. The van der Waals surface area contributed by atoms with E-state index in [0.29, 0.717) is 5.56 Å². The van der Waals surface area contributed by atoms with Gasteiger partial charge in [0.15, 0.2) is 6.29 Å². The molecular weight excluding hydrogens is 252 g/mol. The molecule has 0 saturated carbocycles. The number of carbonyl (C=O) groups is 1. The van der Waals surface area contributed by atoms with Crippen molar-refractivity contribution in [1.82, 2.24) is 0 Å². The van der Waals surface area contributed by atoms with Gasteiger partial charge in [0.2, 0.25) is 0 Å². The quantitative estimate of drug-likeness (QED) is 0.618. The standard InChI is InChI=1S/C9H9BrO2S/c1-12-8-4-7(10)6(5-11)3-9(8)13-2/h3-5H,1-2H3. The van der Waals surface area contributed by atoms with Gasteiger partial charge in [0.05, 0.1) is 7.11 Å². The molecule has 0 aromatic heterocycles. The van der Waals surface area contributed by atoms with E-state index in [-0.39, 0.29) is 0 Å². The predicted octanol–water partition coefficient (Wildman–Crippen LogP) is 2.99. The van der Waals surface area contributed by atoms with Crippen molar-refractivity contribution in [3.05, 3.63) is 22.2 Å². The molecule has 0 fully saturated rings. The summed E-state index contributed by atoms with van der Waals surface area (Å²) in [5, 5.41) is 0. The summed E-state index contributed by atoms with van der Waals surface area (Å²) in [5.41, 5.74) is 0.644. The minimum absolute atomic E-state index is 0.644. The van der Waals surface area contributed by atoms with E-state index in [1.54, 1.807) is 31.0 Å². The molecule has 0 bridgehead atoms. The van der Waals surface area contributed by atoms with Crippen LogP contribution in [0.4, 0.5) is 0 Å². The summed E-state index contributed by atoms with van der Waals surface area (Å²) in [4.78, 5) is 11.6. The maximum atomic E-state index is 10.6. The van der Waals surface area contributed by atoms with E-state index < -0.39 is 0 Å². The van der Waals surface area contributed by atoms with Gasteiger partial charge in [-0.2, -0.15) is 0 Å². The highest BCUT2D eigenvalue weighted by Gasteiger charge is 2.07. The molecule has 0 aliphatic rings. The highest BCUT2D eigenvalue weighted by Crippen LogP contribution is 2.32. The maximum Gasteiger partial charge on any atom is 0.151 e. The van der Waals surface area contributed by atoms with Crippen molar-refractivity contribution in [2.75, 3.05) is 13.4 Å². The summed E-state index contributed by atoms with van der Waals surface area (Å²) >= 11 is 4.84. The van der Waals surface area contributed by atoms with Crippen LogP contribution in [0.1, 0.15) is 10.4 Å². The number of hydrogen-bond acceptors (Lipinski definition) is 3. The van der Waals surface area contributed by atoms with E-state index in [1.807, 2.05) is 6.26 Å². The smallest absolute Gasteiger partial charge is 0.151 e. The van der Waals surface area contributed by atoms with E-state index in [2.05, 4.69) is 15.9 Å². The topological polar surface area (TPSA) is 26.3 Å². The van der Waals surface area contributed by atoms with E-state index >= 15 is 0 Å². The Kier molecular flexibility index (Phi) is 3.81. The summed E-state index contributed by atoms with van der Waals surface area (Å²) in [6.07, 6.45) is 2.77. The van der Waals surface area contributed by atoms with Crippen LogP contribution in [0.2, 0.25) is 0 Å². The number of methoxy groups -OCH3 is 1. The third kappa shape index (κ3) is 2.25. The largest absolute Gasteiger partial charge is 0.496 e. The number of rotatable bonds is 3. The molecule has 2 nitrogen and oxygen atoms in total. The van der Waals surface area contributed by atoms with Gasteiger partial charge in [-0.3, -0.25) is 4.79 Å². The first-order valence-electron chi connectivity index (χ1n) is 3.59. The second kappa shape index (κ2) is 4.67. The molecule has 0 heterocycles. The first kappa shape index (κ1) is 10.6. The van der Waals surface area contributed by atoms with E-state index in [4.69, 9.17) is 4.74 Å². The Hall–Kier alpha value is -0.480. The highest BCUT2D eigenvalue weighted by atomic mass is 79.9. The van der Waals surface area contributed by atoms with Crippen LogP contribution in [0.3, 0.4) is 0 Å². The number of ether oxygens (including phenoxy) is 1. The Morgan fingerprint density at radius 1 is 1.54 bits per heavy atom. The van der Waals surface area contributed by atoms with E-state index in [0.717, 1.165) is 21.4 Å². The van der Waals surface area contributed by atoms with Crippen molar-refractivity contribution in [3.63, 3.8) is 0 Å². The molecule has 13 heavy (non-hydrogen) atoms. The Labute approximate surface area is 89.8 Å². The monoisotopic (exact) mass is 260 g/mol. The predicted molar refractivity (Wildman–Crippen MR) is 57.9 cm³/mol. The second-order valence-electron chi connectivity index (χ2n) is 2.35. The van der Waals surface area contributed by atoms with Gasteiger partial charge >= 0.3 is 0 Å². The SMILES string of the molecule is COc1cc(Br)c(C=O)cc1SC. The zero-order valence-corrected chi connectivity index (χ0v) is 9.74. The Balaban J connectivity index is 3.26. The van der Waals surface area contributed by atoms with Crippen LogP contribution in [0.15, 0.2) is 21.5 Å². The summed E-state index contributed by atoms with van der Waals surface area (Å²) in [6, 6.07) is 3.61. The third-order valence-corrected chi connectivity index (χ3v) is 3.08. The maximum absolute atomic E-state index is 10.6. The van der Waals surface area contributed by atoms with Crippen molar-refractivity contribution in [2.45, 2.75) is 4.90 Å². The summed E-state index contributed by atoms with van der Waals surface area (Å²) in [6.45, 7) is 0. The number of halogens is 1. The van der Waals surface area contributed by atoms with Crippen LogP contribution in [-0.2, 0) is 0 Å². The zero-order chi connectivity index (χ0) is 9.84. The van der Waals surface area contributed by atoms with Crippen molar-refractivity contribution < 1.29 is 9.53 Å². The van der Waals surface area contributed by atoms with Gasteiger partial charge in [-0.1, -0.05) is 0 Å². The average Bonchev–Trinajstić information content (AvgIpc) is 2.17. The van der Waals surface area contributed by atoms with Crippen molar-refractivity contribution in [3.8, 4) is 5.75 Å². The first-order valence-corrected chi connectivity index (χ1v) is 5.61. The minimum Gasteiger partial charge on any atom is -0.496 e. The van der Waals surface area contributed by atoms with Gasteiger partial charge in [-0.05, 0) is 34.3 Å². The number of hydrogen-bond donors (Lipinski definition) is 0. The molecule has 0 saturated heterocycles. The van der Waals surface area contributed by atoms with Crippen molar-refractivity contribution in [2.24, 2.45) is 0 Å². The van der Waals surface area contributed by atoms with Gasteiger partial charge in [0.1, 0.15) is 5.75 Å². The fourth-order valence-corrected chi connectivity index (χ4v) is 1.96. The molecular formula is C9H9BrO2S. The van der Waals surface area contributed by atoms with Crippen LogP contribution in [-0.4, -0.2) is 19.7 Å². The second-order valence-corrected chi connectivity index (χ2v) is 4.05. The zero-order valence-electron chi connectivity index (χ0n) is 7.33. The molecule has 1 rings (SSSR count). The van der Waals surface area contributed by atoms with Crippen molar-refractivity contribution in [1.29, 1.82) is 0 Å². The summed E-state index contributed by atoms with van der Waals surface area (Å²) in [7, 11) is 1.61.